The minimum atomic E-state index is -4.54. The summed E-state index contributed by atoms with van der Waals surface area (Å²) in [5, 5.41) is 18.4. The average Bonchev–Trinajstić information content (AvgIpc) is 3.21. The largest absolute Gasteiger partial charge is 0.472 e. The number of carbonyl (C=O) groups is 1. The zero-order chi connectivity index (χ0) is 42.5. The molecule has 0 amide bonds. The SMILES string of the molecule is CC/C=C\C/C=C\C/C=C\C/C=C\C/C=C\CCCCCCCCOCC(COP(=O)(O)OCC(O)CO)OC(=O)CCCC/C=C\C/C=C\C/C=C\C/C=C\CC. The molecule has 0 heterocycles. The van der Waals surface area contributed by atoms with Crippen molar-refractivity contribution < 1.29 is 43.0 Å². The van der Waals surface area contributed by atoms with E-state index in [1.165, 1.54) is 12.8 Å². The Kier molecular flexibility index (Phi) is 41.5. The van der Waals surface area contributed by atoms with E-state index in [0.717, 1.165) is 103 Å². The second kappa shape index (κ2) is 43.7. The zero-order valence-electron chi connectivity index (χ0n) is 36.0. The normalized spacial score (nSPS) is 15.1. The summed E-state index contributed by atoms with van der Waals surface area (Å²) < 4.78 is 33.3. The van der Waals surface area contributed by atoms with Crippen LogP contribution in [0.5, 0.6) is 0 Å². The number of ether oxygens (including phenoxy) is 2. The third-order valence-electron chi connectivity index (χ3n) is 8.45. The topological polar surface area (TPSA) is 132 Å². The fourth-order valence-corrected chi connectivity index (χ4v) is 5.98. The van der Waals surface area contributed by atoms with Crippen LogP contribution >= 0.6 is 7.82 Å². The lowest BCUT2D eigenvalue weighted by Gasteiger charge is -2.20. The molecular weight excluding hydrogens is 751 g/mol. The van der Waals surface area contributed by atoms with Crippen LogP contribution < -0.4 is 0 Å². The summed E-state index contributed by atoms with van der Waals surface area (Å²) >= 11 is 0. The van der Waals surface area contributed by atoms with Gasteiger partial charge in [-0.25, -0.2) is 4.57 Å². The van der Waals surface area contributed by atoms with E-state index in [1.54, 1.807) is 0 Å². The molecule has 0 rings (SSSR count). The van der Waals surface area contributed by atoms with Crippen LogP contribution in [0.25, 0.3) is 0 Å². The van der Waals surface area contributed by atoms with Crippen molar-refractivity contribution in [1.82, 2.24) is 0 Å². The lowest BCUT2D eigenvalue weighted by molar-refractivity contribution is -0.154. The molecule has 0 spiro atoms. The summed E-state index contributed by atoms with van der Waals surface area (Å²) in [6, 6.07) is 0. The molecule has 0 saturated heterocycles. The Morgan fingerprint density at radius 1 is 0.534 bits per heavy atom. The molecule has 58 heavy (non-hydrogen) atoms. The van der Waals surface area contributed by atoms with E-state index in [4.69, 9.17) is 23.6 Å². The molecule has 0 aromatic rings. The Balaban J connectivity index is 4.27. The second-order valence-electron chi connectivity index (χ2n) is 13.9. The van der Waals surface area contributed by atoms with Gasteiger partial charge in [-0.15, -0.1) is 0 Å². The van der Waals surface area contributed by atoms with Crippen molar-refractivity contribution >= 4 is 13.8 Å². The maximum absolute atomic E-state index is 12.6. The van der Waals surface area contributed by atoms with Gasteiger partial charge in [0, 0.05) is 13.0 Å². The highest BCUT2D eigenvalue weighted by Crippen LogP contribution is 2.43. The number of hydrogen-bond acceptors (Lipinski definition) is 8. The molecule has 0 saturated carbocycles. The van der Waals surface area contributed by atoms with E-state index >= 15 is 0 Å². The molecule has 0 aromatic heterocycles. The van der Waals surface area contributed by atoms with E-state index in [2.05, 4.69) is 123 Å². The molecule has 9 nitrogen and oxygen atoms in total. The number of phosphoric acid groups is 1. The second-order valence-corrected chi connectivity index (χ2v) is 15.4. The van der Waals surface area contributed by atoms with Gasteiger partial charge in [0.25, 0.3) is 0 Å². The molecule has 0 aliphatic heterocycles. The summed E-state index contributed by atoms with van der Waals surface area (Å²) in [6.07, 6.45) is 56.2. The lowest BCUT2D eigenvalue weighted by Crippen LogP contribution is -2.29. The molecule has 0 fully saturated rings. The minimum Gasteiger partial charge on any atom is -0.457 e. The predicted molar refractivity (Wildman–Crippen MR) is 241 cm³/mol. The smallest absolute Gasteiger partial charge is 0.457 e. The van der Waals surface area contributed by atoms with Crippen molar-refractivity contribution in [2.75, 3.05) is 33.0 Å². The molecule has 330 valence electrons. The minimum absolute atomic E-state index is 0.0141. The fourth-order valence-electron chi connectivity index (χ4n) is 5.19. The van der Waals surface area contributed by atoms with Crippen LogP contribution in [0, 0.1) is 0 Å². The number of unbranched alkanes of at least 4 members (excludes halogenated alkanes) is 8. The summed E-state index contributed by atoms with van der Waals surface area (Å²) in [5.41, 5.74) is 0. The first-order chi connectivity index (χ1) is 28.3. The number of rotatable bonds is 40. The maximum atomic E-state index is 12.6. The van der Waals surface area contributed by atoms with Gasteiger partial charge in [0.2, 0.25) is 0 Å². The quantitative estimate of drug-likeness (QED) is 0.0239. The summed E-state index contributed by atoms with van der Waals surface area (Å²) in [4.78, 5) is 22.6. The van der Waals surface area contributed by atoms with Crippen molar-refractivity contribution in [2.24, 2.45) is 0 Å². The maximum Gasteiger partial charge on any atom is 0.472 e. The van der Waals surface area contributed by atoms with Gasteiger partial charge >= 0.3 is 13.8 Å². The average molecular weight is 831 g/mol. The molecule has 0 aliphatic rings. The van der Waals surface area contributed by atoms with Crippen molar-refractivity contribution in [3.63, 3.8) is 0 Å². The van der Waals surface area contributed by atoms with Crippen molar-refractivity contribution in [3.05, 3.63) is 109 Å². The molecule has 0 radical (unpaired) electrons. The standard InChI is InChI=1S/C48H79O9P/c1-3-5-7-9-11-13-15-17-19-20-21-22-23-24-25-27-29-31-33-35-37-39-41-54-44-47(45-56-58(52,53)55-43-46(50)42-49)57-48(51)40-38-36-34-32-30-28-26-18-16-14-12-10-8-6-4-2/h5-8,11-14,17-19,21-22,24-26,30,32,46-47,49-50H,3-4,9-10,15-16,20,23,27-29,31,33-45H2,1-2H3,(H,52,53)/b7-5-,8-6-,13-11-,14-12-,19-17-,22-21-,25-24-,26-18-,32-30-. The molecule has 3 atom stereocenters. The number of carbonyl (C=O) groups excluding carboxylic acids is 1. The number of phosphoric ester groups is 1. The highest BCUT2D eigenvalue weighted by Gasteiger charge is 2.26. The molecule has 3 unspecified atom stereocenters. The third-order valence-corrected chi connectivity index (χ3v) is 9.40. The summed E-state index contributed by atoms with van der Waals surface area (Å²) in [6.45, 7) is 3.16. The van der Waals surface area contributed by atoms with Gasteiger partial charge in [0.1, 0.15) is 12.2 Å². The van der Waals surface area contributed by atoms with Crippen LogP contribution in [-0.2, 0) is 27.9 Å². The molecule has 0 aliphatic carbocycles. The number of aliphatic hydroxyl groups excluding tert-OH is 2. The molecule has 3 N–H and O–H groups in total. The number of hydrogen-bond donors (Lipinski definition) is 3. The van der Waals surface area contributed by atoms with E-state index < -0.39 is 45.8 Å². The fraction of sp³-hybridized carbons (Fsp3) is 0.604. The van der Waals surface area contributed by atoms with Crippen molar-refractivity contribution in [3.8, 4) is 0 Å². The summed E-state index contributed by atoms with van der Waals surface area (Å²) in [5.74, 6) is -0.434. The Bertz CT molecular complexity index is 1260. The molecule has 0 bridgehead atoms. The highest BCUT2D eigenvalue weighted by atomic mass is 31.2. The number of aliphatic hydroxyl groups is 2. The molecular formula is C48H79O9P. The monoisotopic (exact) mass is 831 g/mol. The Morgan fingerprint density at radius 2 is 0.931 bits per heavy atom. The summed E-state index contributed by atoms with van der Waals surface area (Å²) in [7, 11) is -4.54. The van der Waals surface area contributed by atoms with Crippen molar-refractivity contribution in [1.29, 1.82) is 0 Å². The zero-order valence-corrected chi connectivity index (χ0v) is 36.9. The third kappa shape index (κ3) is 42.7. The van der Waals surface area contributed by atoms with E-state index in [1.807, 2.05) is 0 Å². The van der Waals surface area contributed by atoms with Gasteiger partial charge in [-0.2, -0.15) is 0 Å². The Labute approximate surface area is 352 Å². The van der Waals surface area contributed by atoms with Gasteiger partial charge in [0.15, 0.2) is 0 Å². The first-order valence-corrected chi connectivity index (χ1v) is 23.4. The van der Waals surface area contributed by atoms with Gasteiger partial charge < -0.3 is 24.6 Å². The molecule has 10 heteroatoms. The van der Waals surface area contributed by atoms with Crippen LogP contribution in [0.4, 0.5) is 0 Å². The molecule has 0 aromatic carbocycles. The van der Waals surface area contributed by atoms with Gasteiger partial charge in [-0.3, -0.25) is 13.8 Å². The Morgan fingerprint density at radius 3 is 1.40 bits per heavy atom. The first kappa shape index (κ1) is 55.1. The van der Waals surface area contributed by atoms with E-state index in [0.29, 0.717) is 13.0 Å². The van der Waals surface area contributed by atoms with Crippen molar-refractivity contribution in [2.45, 2.75) is 154 Å². The highest BCUT2D eigenvalue weighted by molar-refractivity contribution is 7.47. The Hall–Kier alpha value is -2.88. The van der Waals surface area contributed by atoms with Crippen LogP contribution in [0.15, 0.2) is 109 Å². The van der Waals surface area contributed by atoms with Crippen LogP contribution in [0.3, 0.4) is 0 Å². The van der Waals surface area contributed by atoms with E-state index in [9.17, 15) is 19.4 Å². The first-order valence-electron chi connectivity index (χ1n) is 21.9. The van der Waals surface area contributed by atoms with Gasteiger partial charge in [-0.1, -0.05) is 149 Å². The van der Waals surface area contributed by atoms with Gasteiger partial charge in [0.05, 0.1) is 26.4 Å². The van der Waals surface area contributed by atoms with Crippen LogP contribution in [0.1, 0.15) is 142 Å². The predicted octanol–water partition coefficient (Wildman–Crippen LogP) is 12.2. The van der Waals surface area contributed by atoms with E-state index in [-0.39, 0.29) is 13.0 Å². The number of allylic oxidation sites excluding steroid dienone is 18. The number of esters is 1. The van der Waals surface area contributed by atoms with Crippen LogP contribution in [0.2, 0.25) is 0 Å². The van der Waals surface area contributed by atoms with Crippen LogP contribution in [-0.4, -0.2) is 66.3 Å². The van der Waals surface area contributed by atoms with Gasteiger partial charge in [-0.05, 0) is 96.3 Å². The lowest BCUT2D eigenvalue weighted by atomic mass is 10.1.